The van der Waals surface area contributed by atoms with E-state index in [1.165, 1.54) is 8.96 Å². The van der Waals surface area contributed by atoms with Crippen molar-refractivity contribution in [2.24, 2.45) is 0 Å². The van der Waals surface area contributed by atoms with Crippen LogP contribution in [0, 0.1) is 3.57 Å². The van der Waals surface area contributed by atoms with Crippen LogP contribution in [0.15, 0.2) is 28.3 Å². The van der Waals surface area contributed by atoms with E-state index in [9.17, 15) is 0 Å². The standard InChI is InChI=1S/C8H5ITe/c9-7-3-1-2-6-4-5-10-8(6)7/h1-5H. The number of halogens is 1. The maximum absolute atomic E-state index is 2.42. The molecular formula is C8H5ITe. The van der Waals surface area contributed by atoms with Gasteiger partial charge in [0.1, 0.15) is 0 Å². The molecule has 10 heavy (non-hydrogen) atoms. The van der Waals surface area contributed by atoms with Crippen LogP contribution < -0.4 is 0 Å². The van der Waals surface area contributed by atoms with Crippen molar-refractivity contribution in [1.82, 2.24) is 0 Å². The summed E-state index contributed by atoms with van der Waals surface area (Å²) < 4.78 is 5.41. The Bertz CT molecular complexity index is 351. The van der Waals surface area contributed by atoms with Crippen LogP contribution in [0.5, 0.6) is 0 Å². The van der Waals surface area contributed by atoms with Gasteiger partial charge in [0.25, 0.3) is 0 Å². The van der Waals surface area contributed by atoms with E-state index in [2.05, 4.69) is 50.9 Å². The Hall–Kier alpha value is 0.480. The Morgan fingerprint density at radius 1 is 1.20 bits per heavy atom. The van der Waals surface area contributed by atoms with Crippen LogP contribution in [-0.2, 0) is 0 Å². The summed E-state index contributed by atoms with van der Waals surface area (Å²) in [6.45, 7) is 0. The minimum absolute atomic E-state index is 0.0479. The molecule has 0 N–H and O–H groups in total. The number of benzene rings is 1. The molecule has 0 atom stereocenters. The molecule has 0 bridgehead atoms. The Morgan fingerprint density at radius 3 is 2.90 bits per heavy atom. The monoisotopic (exact) mass is 358 g/mol. The predicted octanol–water partition coefficient (Wildman–Crippen LogP) is 2.50. The molecule has 0 aliphatic carbocycles. The molecule has 1 aromatic heterocycles. The molecule has 0 fully saturated rings. The molecule has 0 aliphatic heterocycles. The average molecular weight is 356 g/mol. The zero-order valence-electron chi connectivity index (χ0n) is 5.17. The van der Waals surface area contributed by atoms with Crippen molar-refractivity contribution in [3.63, 3.8) is 0 Å². The summed E-state index contributed by atoms with van der Waals surface area (Å²) in [5.74, 6) is 0. The second-order valence-corrected chi connectivity index (χ2v) is 5.86. The second kappa shape index (κ2) is 2.84. The minimum atomic E-state index is 0.0479. The van der Waals surface area contributed by atoms with Gasteiger partial charge in [-0.3, -0.25) is 0 Å². The first-order chi connectivity index (χ1) is 4.88. The first-order valence-electron chi connectivity index (χ1n) is 2.99. The summed E-state index contributed by atoms with van der Waals surface area (Å²) in [4.78, 5) is 0. The summed E-state index contributed by atoms with van der Waals surface area (Å²) in [7, 11) is 0. The van der Waals surface area contributed by atoms with E-state index in [0.29, 0.717) is 0 Å². The van der Waals surface area contributed by atoms with Crippen molar-refractivity contribution >= 4 is 51.8 Å². The van der Waals surface area contributed by atoms with E-state index in [1.54, 1.807) is 3.40 Å². The van der Waals surface area contributed by atoms with E-state index in [0.717, 1.165) is 0 Å². The van der Waals surface area contributed by atoms with Crippen molar-refractivity contribution in [1.29, 1.82) is 0 Å². The quantitative estimate of drug-likeness (QED) is 0.503. The molecule has 0 unspecified atom stereocenters. The Balaban J connectivity index is 2.95. The van der Waals surface area contributed by atoms with E-state index < -0.39 is 0 Å². The van der Waals surface area contributed by atoms with Crippen LogP contribution in [-0.4, -0.2) is 20.4 Å². The fourth-order valence-electron chi connectivity index (χ4n) is 0.956. The molecule has 0 spiro atoms. The van der Waals surface area contributed by atoms with Crippen molar-refractivity contribution in [2.75, 3.05) is 0 Å². The molecule has 0 saturated carbocycles. The van der Waals surface area contributed by atoms with Gasteiger partial charge >= 0.3 is 83.7 Å². The first-order valence-corrected chi connectivity index (χ1v) is 6.58. The van der Waals surface area contributed by atoms with E-state index in [1.807, 2.05) is 0 Å². The molecule has 0 radical (unpaired) electrons. The Labute approximate surface area is 83.0 Å². The van der Waals surface area contributed by atoms with Gasteiger partial charge in [-0.1, -0.05) is 0 Å². The topological polar surface area (TPSA) is 0 Å². The normalized spacial score (nSPS) is 10.5. The molecule has 0 aliphatic rings. The number of rotatable bonds is 0. The van der Waals surface area contributed by atoms with E-state index in [-0.39, 0.29) is 20.4 Å². The second-order valence-electron chi connectivity index (χ2n) is 2.08. The molecule has 1 aromatic carbocycles. The van der Waals surface area contributed by atoms with Crippen molar-refractivity contribution in [2.45, 2.75) is 0 Å². The van der Waals surface area contributed by atoms with Crippen molar-refractivity contribution in [3.8, 4) is 0 Å². The van der Waals surface area contributed by atoms with Crippen LogP contribution in [0.2, 0.25) is 0 Å². The van der Waals surface area contributed by atoms with Crippen LogP contribution >= 0.6 is 22.6 Å². The number of hydrogen-bond acceptors (Lipinski definition) is 0. The van der Waals surface area contributed by atoms with Gasteiger partial charge in [-0.25, -0.2) is 0 Å². The van der Waals surface area contributed by atoms with Crippen LogP contribution in [0.4, 0.5) is 0 Å². The van der Waals surface area contributed by atoms with Gasteiger partial charge in [0.05, 0.1) is 0 Å². The number of fused-ring (bicyclic) bond motifs is 1. The molecule has 1 heterocycles. The van der Waals surface area contributed by atoms with Gasteiger partial charge in [-0.15, -0.1) is 0 Å². The molecule has 2 heteroatoms. The van der Waals surface area contributed by atoms with Gasteiger partial charge in [0, 0.05) is 0 Å². The van der Waals surface area contributed by atoms with Crippen molar-refractivity contribution < 1.29 is 0 Å². The molecule has 0 amide bonds. The molecule has 0 saturated heterocycles. The third kappa shape index (κ3) is 1.13. The van der Waals surface area contributed by atoms with Gasteiger partial charge in [-0.2, -0.15) is 0 Å². The molecule has 2 rings (SSSR count). The van der Waals surface area contributed by atoms with Crippen LogP contribution in [0.1, 0.15) is 0 Å². The van der Waals surface area contributed by atoms with Gasteiger partial charge in [0.2, 0.25) is 0 Å². The van der Waals surface area contributed by atoms with E-state index >= 15 is 0 Å². The summed E-state index contributed by atoms with van der Waals surface area (Å²) in [6, 6.07) is 8.77. The molecule has 50 valence electrons. The Kier molecular flexibility index (Phi) is 2.03. The Morgan fingerprint density at radius 2 is 2.10 bits per heavy atom. The summed E-state index contributed by atoms with van der Waals surface area (Å²) in [5.41, 5.74) is 0. The zero-order chi connectivity index (χ0) is 6.97. The number of hydrogen-bond donors (Lipinski definition) is 0. The van der Waals surface area contributed by atoms with Gasteiger partial charge in [-0.05, 0) is 0 Å². The van der Waals surface area contributed by atoms with Gasteiger partial charge in [0.15, 0.2) is 0 Å². The third-order valence-electron chi connectivity index (χ3n) is 1.43. The van der Waals surface area contributed by atoms with E-state index in [4.69, 9.17) is 0 Å². The van der Waals surface area contributed by atoms with Gasteiger partial charge < -0.3 is 0 Å². The third-order valence-corrected chi connectivity index (χ3v) is 6.22. The predicted molar refractivity (Wildman–Crippen MR) is 53.6 cm³/mol. The van der Waals surface area contributed by atoms with Crippen LogP contribution in [0.25, 0.3) is 8.79 Å². The molecular weight excluding hydrogens is 351 g/mol. The van der Waals surface area contributed by atoms with Crippen molar-refractivity contribution in [3.05, 3.63) is 31.9 Å². The molecule has 2 aromatic rings. The first kappa shape index (κ1) is 7.15. The van der Waals surface area contributed by atoms with Crippen LogP contribution in [0.3, 0.4) is 0 Å². The fourth-order valence-corrected chi connectivity index (χ4v) is 4.62. The average Bonchev–Trinajstić information content (AvgIpc) is 2.36. The summed E-state index contributed by atoms with van der Waals surface area (Å²) >= 11 is 2.47. The summed E-state index contributed by atoms with van der Waals surface area (Å²) in [5, 5.41) is 1.45. The molecule has 0 nitrogen and oxygen atoms in total. The zero-order valence-corrected chi connectivity index (χ0v) is 9.66. The maximum atomic E-state index is 2.42. The fraction of sp³-hybridized carbons (Fsp3) is 0. The summed E-state index contributed by atoms with van der Waals surface area (Å²) in [6.07, 6.45) is 0. The SMILES string of the molecule is Ic1cccc2cc[te]c12.